The van der Waals surface area contributed by atoms with Crippen LogP contribution >= 0.6 is 15.9 Å². The fourth-order valence-electron chi connectivity index (χ4n) is 1.12. The molecule has 0 fully saturated rings. The molecule has 5 nitrogen and oxygen atoms in total. The van der Waals surface area contributed by atoms with Crippen LogP contribution in [0, 0.1) is 0 Å². The van der Waals surface area contributed by atoms with E-state index in [1.807, 2.05) is 0 Å². The van der Waals surface area contributed by atoms with Crippen molar-refractivity contribution in [3.05, 3.63) is 22.7 Å². The summed E-state index contributed by atoms with van der Waals surface area (Å²) >= 11 is 3.19. The second-order valence-corrected chi connectivity index (χ2v) is 6.22. The van der Waals surface area contributed by atoms with Crippen molar-refractivity contribution in [2.24, 2.45) is 0 Å². The average molecular weight is 323 g/mol. The number of rotatable bonds is 5. The summed E-state index contributed by atoms with van der Waals surface area (Å²) in [6.07, 6.45) is -0.192. The maximum Gasteiger partial charge on any atom is 0.240 e. The summed E-state index contributed by atoms with van der Waals surface area (Å²) in [4.78, 5) is 0.0847. The molecule has 0 bridgehead atoms. The molecule has 1 atom stereocenters. The zero-order chi connectivity index (χ0) is 13.1. The summed E-state index contributed by atoms with van der Waals surface area (Å²) in [7, 11) is -3.62. The lowest BCUT2D eigenvalue weighted by molar-refractivity contribution is 0.174. The van der Waals surface area contributed by atoms with Crippen LogP contribution in [0.3, 0.4) is 0 Å². The fraction of sp³-hybridized carbons (Fsp3) is 0.400. The highest BCUT2D eigenvalue weighted by Gasteiger charge is 2.16. The van der Waals surface area contributed by atoms with Crippen LogP contribution in [0.15, 0.2) is 27.6 Å². The van der Waals surface area contributed by atoms with Crippen LogP contribution < -0.4 is 10.5 Å². The number of aliphatic hydroxyl groups is 1. The third-order valence-corrected chi connectivity index (χ3v) is 4.40. The average Bonchev–Trinajstić information content (AvgIpc) is 2.29. The van der Waals surface area contributed by atoms with Crippen molar-refractivity contribution in [2.75, 3.05) is 12.3 Å². The van der Waals surface area contributed by atoms with Crippen molar-refractivity contribution in [3.63, 3.8) is 0 Å². The molecule has 0 aliphatic carbocycles. The number of benzene rings is 1. The molecule has 0 aliphatic rings. The number of nitrogens with two attached hydrogens (primary N) is 1. The van der Waals surface area contributed by atoms with Crippen molar-refractivity contribution in [1.29, 1.82) is 0 Å². The standard InChI is InChI=1S/C10H15BrN2O3S/c1-2-7(14)6-13-17(15,16)8-3-4-9(11)10(12)5-8/h3-5,7,13-14H,2,6,12H2,1H3. The van der Waals surface area contributed by atoms with Crippen LogP contribution in [0.25, 0.3) is 0 Å². The highest BCUT2D eigenvalue weighted by atomic mass is 79.9. The van der Waals surface area contributed by atoms with E-state index in [9.17, 15) is 13.5 Å². The Morgan fingerprint density at radius 1 is 1.53 bits per heavy atom. The quantitative estimate of drug-likeness (QED) is 0.707. The van der Waals surface area contributed by atoms with Gasteiger partial charge in [-0.2, -0.15) is 0 Å². The zero-order valence-electron chi connectivity index (χ0n) is 9.35. The number of hydrogen-bond donors (Lipinski definition) is 3. The first-order chi connectivity index (χ1) is 7.86. The molecule has 1 aromatic rings. The van der Waals surface area contributed by atoms with Crippen molar-refractivity contribution in [2.45, 2.75) is 24.3 Å². The van der Waals surface area contributed by atoms with Crippen LogP contribution in [-0.4, -0.2) is 26.2 Å². The number of hydrogen-bond acceptors (Lipinski definition) is 4. The molecule has 0 aromatic heterocycles. The van der Waals surface area contributed by atoms with Gasteiger partial charge in [-0.3, -0.25) is 0 Å². The van der Waals surface area contributed by atoms with E-state index < -0.39 is 16.1 Å². The van der Waals surface area contributed by atoms with Gasteiger partial charge in [-0.1, -0.05) is 6.92 Å². The summed E-state index contributed by atoms with van der Waals surface area (Å²) in [6, 6.07) is 4.38. The lowest BCUT2D eigenvalue weighted by atomic mass is 10.3. The van der Waals surface area contributed by atoms with Gasteiger partial charge in [0.1, 0.15) is 0 Å². The van der Waals surface area contributed by atoms with Gasteiger partial charge in [0.25, 0.3) is 0 Å². The van der Waals surface area contributed by atoms with Crippen molar-refractivity contribution in [3.8, 4) is 0 Å². The number of nitrogen functional groups attached to an aromatic ring is 1. The number of sulfonamides is 1. The van der Waals surface area contributed by atoms with Crippen LogP contribution in [-0.2, 0) is 10.0 Å². The van der Waals surface area contributed by atoms with Gasteiger partial charge in [0.15, 0.2) is 0 Å². The smallest absolute Gasteiger partial charge is 0.240 e. The number of anilines is 1. The second kappa shape index (κ2) is 5.81. The van der Waals surface area contributed by atoms with E-state index in [1.54, 1.807) is 13.0 Å². The number of aliphatic hydroxyl groups excluding tert-OH is 1. The lowest BCUT2D eigenvalue weighted by Crippen LogP contribution is -2.31. The van der Waals surface area contributed by atoms with Crippen LogP contribution in [0.5, 0.6) is 0 Å². The number of halogens is 1. The molecule has 1 aromatic carbocycles. The molecule has 7 heteroatoms. The summed E-state index contributed by atoms with van der Waals surface area (Å²) in [5.41, 5.74) is 5.96. The lowest BCUT2D eigenvalue weighted by Gasteiger charge is -2.11. The molecule has 0 saturated heterocycles. The van der Waals surface area contributed by atoms with E-state index in [4.69, 9.17) is 5.73 Å². The van der Waals surface area contributed by atoms with Gasteiger partial charge >= 0.3 is 0 Å². The minimum absolute atomic E-state index is 0.00516. The van der Waals surface area contributed by atoms with Crippen molar-refractivity contribution in [1.82, 2.24) is 4.72 Å². The van der Waals surface area contributed by atoms with Gasteiger partial charge < -0.3 is 10.8 Å². The van der Waals surface area contributed by atoms with Gasteiger partial charge in [0.2, 0.25) is 10.0 Å². The predicted molar refractivity (Wildman–Crippen MR) is 70.0 cm³/mol. The summed E-state index contributed by atoms with van der Waals surface area (Å²) in [6.45, 7) is 1.77. The van der Waals surface area contributed by atoms with E-state index in [-0.39, 0.29) is 11.4 Å². The molecular formula is C10H15BrN2O3S. The normalized spacial score (nSPS) is 13.6. The molecule has 1 rings (SSSR count). The van der Waals surface area contributed by atoms with Crippen LogP contribution in [0.2, 0.25) is 0 Å². The molecule has 0 aliphatic heterocycles. The molecule has 0 saturated carbocycles. The Labute approximate surface area is 109 Å². The van der Waals surface area contributed by atoms with Crippen LogP contribution in [0.4, 0.5) is 5.69 Å². The highest BCUT2D eigenvalue weighted by Crippen LogP contribution is 2.22. The van der Waals surface area contributed by atoms with E-state index in [1.165, 1.54) is 12.1 Å². The Morgan fingerprint density at radius 3 is 2.71 bits per heavy atom. The van der Waals surface area contributed by atoms with E-state index in [2.05, 4.69) is 20.7 Å². The van der Waals surface area contributed by atoms with E-state index >= 15 is 0 Å². The minimum Gasteiger partial charge on any atom is -0.398 e. The molecular weight excluding hydrogens is 308 g/mol. The van der Waals surface area contributed by atoms with Gasteiger partial charge in [-0.25, -0.2) is 13.1 Å². The molecule has 1 unspecified atom stereocenters. The molecule has 17 heavy (non-hydrogen) atoms. The first-order valence-corrected chi connectivity index (χ1v) is 7.37. The van der Waals surface area contributed by atoms with Gasteiger partial charge in [-0.05, 0) is 40.5 Å². The molecule has 4 N–H and O–H groups in total. The monoisotopic (exact) mass is 322 g/mol. The van der Waals surface area contributed by atoms with Gasteiger partial charge in [-0.15, -0.1) is 0 Å². The maximum absolute atomic E-state index is 11.8. The maximum atomic E-state index is 11.8. The Hall–Kier alpha value is -0.630. The second-order valence-electron chi connectivity index (χ2n) is 3.60. The summed E-state index contributed by atoms with van der Waals surface area (Å²) in [5.74, 6) is 0. The predicted octanol–water partition coefficient (Wildman–Crippen LogP) is 1.08. The van der Waals surface area contributed by atoms with E-state index in [0.717, 1.165) is 0 Å². The van der Waals surface area contributed by atoms with Crippen molar-refractivity contribution >= 4 is 31.6 Å². The van der Waals surface area contributed by atoms with Gasteiger partial charge in [0.05, 0.1) is 11.0 Å². The topological polar surface area (TPSA) is 92.4 Å². The highest BCUT2D eigenvalue weighted by molar-refractivity contribution is 9.10. The van der Waals surface area contributed by atoms with Gasteiger partial charge in [0, 0.05) is 16.7 Å². The Kier molecular flexibility index (Phi) is 4.93. The number of nitrogens with one attached hydrogen (secondary N) is 1. The zero-order valence-corrected chi connectivity index (χ0v) is 11.8. The largest absolute Gasteiger partial charge is 0.398 e. The Balaban J connectivity index is 2.86. The molecule has 0 heterocycles. The molecule has 0 radical (unpaired) electrons. The van der Waals surface area contributed by atoms with E-state index in [0.29, 0.717) is 16.6 Å². The fourth-order valence-corrected chi connectivity index (χ4v) is 2.48. The first-order valence-electron chi connectivity index (χ1n) is 5.09. The third kappa shape index (κ3) is 3.95. The molecule has 0 amide bonds. The Morgan fingerprint density at radius 2 is 2.18 bits per heavy atom. The molecule has 0 spiro atoms. The Bertz CT molecular complexity index is 490. The molecule has 96 valence electrons. The SMILES string of the molecule is CCC(O)CNS(=O)(=O)c1ccc(Br)c(N)c1. The van der Waals surface area contributed by atoms with Crippen molar-refractivity contribution < 1.29 is 13.5 Å². The van der Waals surface area contributed by atoms with Crippen LogP contribution in [0.1, 0.15) is 13.3 Å². The summed E-state index contributed by atoms with van der Waals surface area (Å²) < 4.78 is 26.6. The summed E-state index contributed by atoms with van der Waals surface area (Å²) in [5, 5.41) is 9.31. The minimum atomic E-state index is -3.62. The third-order valence-electron chi connectivity index (χ3n) is 2.26. The first kappa shape index (κ1) is 14.4.